The van der Waals surface area contributed by atoms with E-state index in [1.54, 1.807) is 36.5 Å². The molecule has 5 nitrogen and oxygen atoms in total. The largest absolute Gasteiger partial charge is 0.492 e. The number of hydrogen-bond acceptors (Lipinski definition) is 4. The van der Waals surface area contributed by atoms with Crippen molar-refractivity contribution >= 4 is 33.3 Å². The summed E-state index contributed by atoms with van der Waals surface area (Å²) in [6, 6.07) is 15.9. The number of halogens is 1. The summed E-state index contributed by atoms with van der Waals surface area (Å²) >= 11 is 0. The number of aromatic nitrogens is 1. The number of fused-ring (bicyclic) bond motifs is 1. The number of hydrogen-bond donors (Lipinski definition) is 0. The van der Waals surface area contributed by atoms with Crippen molar-refractivity contribution in [2.75, 3.05) is 26.2 Å². The van der Waals surface area contributed by atoms with Gasteiger partial charge < -0.3 is 4.74 Å². The van der Waals surface area contributed by atoms with Gasteiger partial charge in [0.15, 0.2) is 0 Å². The van der Waals surface area contributed by atoms with Crippen LogP contribution in [0.5, 0.6) is 5.75 Å². The van der Waals surface area contributed by atoms with E-state index in [1.165, 1.54) is 23.2 Å². The summed E-state index contributed by atoms with van der Waals surface area (Å²) < 4.78 is 33.2. The van der Waals surface area contributed by atoms with E-state index < -0.39 is 10.0 Å². The summed E-state index contributed by atoms with van der Waals surface area (Å²) in [5.74, 6) is 0.728. The highest BCUT2D eigenvalue weighted by Crippen LogP contribution is 2.29. The Kier molecular flexibility index (Phi) is 6.65. The molecule has 0 aliphatic carbocycles. The molecule has 0 radical (unpaired) electrons. The molecule has 2 aromatic carbocycles. The Morgan fingerprint density at radius 3 is 2.39 bits per heavy atom. The molecule has 0 spiro atoms. The SMILES string of the molecule is Cl.O=S(=O)(c1ccccc1)n1ccc2c(OCCN3CCCCC3)cccc21. The van der Waals surface area contributed by atoms with Gasteiger partial charge in [0, 0.05) is 18.1 Å². The third-order valence-corrected chi connectivity index (χ3v) is 6.78. The molecule has 3 aromatic rings. The smallest absolute Gasteiger partial charge is 0.268 e. The van der Waals surface area contributed by atoms with Gasteiger partial charge in [-0.05, 0) is 56.3 Å². The fourth-order valence-corrected chi connectivity index (χ4v) is 4.99. The highest BCUT2D eigenvalue weighted by Gasteiger charge is 2.19. The number of ether oxygens (including phenoxy) is 1. The third kappa shape index (κ3) is 4.19. The molecule has 0 saturated carbocycles. The predicted molar refractivity (Wildman–Crippen MR) is 114 cm³/mol. The van der Waals surface area contributed by atoms with Crippen molar-refractivity contribution < 1.29 is 13.2 Å². The van der Waals surface area contributed by atoms with Gasteiger partial charge in [0.25, 0.3) is 10.0 Å². The minimum absolute atomic E-state index is 0. The lowest BCUT2D eigenvalue weighted by Crippen LogP contribution is -2.33. The van der Waals surface area contributed by atoms with Gasteiger partial charge in [-0.15, -0.1) is 12.4 Å². The first-order chi connectivity index (χ1) is 13.2. The Labute approximate surface area is 172 Å². The molecule has 7 heteroatoms. The van der Waals surface area contributed by atoms with Gasteiger partial charge in [0.2, 0.25) is 0 Å². The van der Waals surface area contributed by atoms with Gasteiger partial charge in [0.1, 0.15) is 12.4 Å². The highest BCUT2D eigenvalue weighted by molar-refractivity contribution is 7.90. The van der Waals surface area contributed by atoms with E-state index in [1.807, 2.05) is 24.3 Å². The Morgan fingerprint density at radius 1 is 0.893 bits per heavy atom. The molecule has 0 unspecified atom stereocenters. The summed E-state index contributed by atoms with van der Waals surface area (Å²) in [5, 5.41) is 0.815. The maximum Gasteiger partial charge on any atom is 0.268 e. The standard InChI is InChI=1S/C21H24N2O3S.ClH/c24-27(25,18-8-3-1-4-9-18)23-15-12-19-20(23)10-7-11-21(19)26-17-16-22-13-5-2-6-14-22;/h1,3-4,7-12,15H,2,5-6,13-14,16-17H2;1H. The first-order valence-electron chi connectivity index (χ1n) is 9.42. The fraction of sp³-hybridized carbons (Fsp3) is 0.333. The lowest BCUT2D eigenvalue weighted by atomic mass is 10.1. The first kappa shape index (κ1) is 20.7. The van der Waals surface area contributed by atoms with E-state index in [0.29, 0.717) is 12.1 Å². The summed E-state index contributed by atoms with van der Waals surface area (Å²) in [5.41, 5.74) is 0.634. The van der Waals surface area contributed by atoms with E-state index in [0.717, 1.165) is 30.8 Å². The van der Waals surface area contributed by atoms with E-state index >= 15 is 0 Å². The summed E-state index contributed by atoms with van der Waals surface area (Å²) in [7, 11) is -3.62. The lowest BCUT2D eigenvalue weighted by Gasteiger charge is -2.26. The second-order valence-electron chi connectivity index (χ2n) is 6.87. The van der Waals surface area contributed by atoms with Gasteiger partial charge in [-0.3, -0.25) is 4.90 Å². The van der Waals surface area contributed by atoms with E-state index in [2.05, 4.69) is 4.90 Å². The van der Waals surface area contributed by atoms with Crippen LogP contribution in [0.4, 0.5) is 0 Å². The summed E-state index contributed by atoms with van der Waals surface area (Å²) in [6.45, 7) is 3.79. The zero-order chi connectivity index (χ0) is 18.7. The fourth-order valence-electron chi connectivity index (χ4n) is 3.62. The maximum atomic E-state index is 13.0. The first-order valence-corrected chi connectivity index (χ1v) is 10.9. The summed E-state index contributed by atoms with van der Waals surface area (Å²) in [6.07, 6.45) is 5.44. The molecule has 28 heavy (non-hydrogen) atoms. The van der Waals surface area contributed by atoms with E-state index in [4.69, 9.17) is 4.74 Å². The van der Waals surface area contributed by atoms with Crippen molar-refractivity contribution in [1.82, 2.24) is 8.87 Å². The van der Waals surface area contributed by atoms with Crippen molar-refractivity contribution in [3.8, 4) is 5.75 Å². The normalized spacial score (nSPS) is 15.3. The van der Waals surface area contributed by atoms with Crippen LogP contribution < -0.4 is 4.74 Å². The highest BCUT2D eigenvalue weighted by atomic mass is 35.5. The predicted octanol–water partition coefficient (Wildman–Crippen LogP) is 4.16. The molecule has 0 atom stereocenters. The van der Waals surface area contributed by atoms with E-state index in [9.17, 15) is 8.42 Å². The Bertz CT molecular complexity index is 1010. The zero-order valence-corrected chi connectivity index (χ0v) is 17.3. The van der Waals surface area contributed by atoms with Crippen LogP contribution in [-0.2, 0) is 10.0 Å². The minimum atomic E-state index is -3.62. The lowest BCUT2D eigenvalue weighted by molar-refractivity contribution is 0.184. The van der Waals surface area contributed by atoms with Crippen LogP contribution in [0.25, 0.3) is 10.9 Å². The Hall–Kier alpha value is -2.02. The molecule has 4 rings (SSSR count). The minimum Gasteiger partial charge on any atom is -0.492 e. The van der Waals surface area contributed by atoms with Gasteiger partial charge >= 0.3 is 0 Å². The van der Waals surface area contributed by atoms with Crippen molar-refractivity contribution in [3.05, 3.63) is 60.8 Å². The van der Waals surface area contributed by atoms with Crippen molar-refractivity contribution in [3.63, 3.8) is 0 Å². The molecule has 1 aliphatic rings. The number of benzene rings is 2. The number of nitrogens with zero attached hydrogens (tertiary/aromatic N) is 2. The molecule has 2 heterocycles. The monoisotopic (exact) mass is 420 g/mol. The van der Waals surface area contributed by atoms with Gasteiger partial charge in [0.05, 0.1) is 10.4 Å². The number of rotatable bonds is 6. The maximum absolute atomic E-state index is 13.0. The van der Waals surface area contributed by atoms with Gasteiger partial charge in [-0.1, -0.05) is 30.7 Å². The number of piperidine rings is 1. The molecule has 1 aromatic heterocycles. The number of likely N-dealkylation sites (tertiary alicyclic amines) is 1. The molecule has 1 aliphatic heterocycles. The molecule has 150 valence electrons. The Morgan fingerprint density at radius 2 is 1.64 bits per heavy atom. The van der Waals surface area contributed by atoms with Crippen molar-refractivity contribution in [2.24, 2.45) is 0 Å². The topological polar surface area (TPSA) is 51.5 Å². The van der Waals surface area contributed by atoms with Crippen LogP contribution in [0.15, 0.2) is 65.7 Å². The van der Waals surface area contributed by atoms with Gasteiger partial charge in [-0.2, -0.15) is 0 Å². The van der Waals surface area contributed by atoms with Crippen LogP contribution in [0.2, 0.25) is 0 Å². The average molecular weight is 421 g/mol. The van der Waals surface area contributed by atoms with Crippen LogP contribution >= 0.6 is 12.4 Å². The van der Waals surface area contributed by atoms with Crippen LogP contribution in [-0.4, -0.2) is 43.5 Å². The van der Waals surface area contributed by atoms with Crippen molar-refractivity contribution in [1.29, 1.82) is 0 Å². The molecular weight excluding hydrogens is 396 g/mol. The molecular formula is C21H25ClN2O3S. The molecule has 0 bridgehead atoms. The molecule has 0 amide bonds. The molecule has 0 N–H and O–H groups in total. The van der Waals surface area contributed by atoms with Crippen LogP contribution in [0.1, 0.15) is 19.3 Å². The molecule has 1 fully saturated rings. The van der Waals surface area contributed by atoms with Crippen LogP contribution in [0.3, 0.4) is 0 Å². The second kappa shape index (κ2) is 8.99. The zero-order valence-electron chi connectivity index (χ0n) is 15.7. The van der Waals surface area contributed by atoms with E-state index in [-0.39, 0.29) is 17.3 Å². The quantitative estimate of drug-likeness (QED) is 0.600. The Balaban J connectivity index is 0.00000225. The van der Waals surface area contributed by atoms with Crippen LogP contribution in [0, 0.1) is 0 Å². The second-order valence-corrected chi connectivity index (χ2v) is 8.68. The van der Waals surface area contributed by atoms with Crippen molar-refractivity contribution in [2.45, 2.75) is 24.2 Å². The third-order valence-electron chi connectivity index (χ3n) is 5.07. The average Bonchev–Trinajstić information content (AvgIpc) is 3.15. The van der Waals surface area contributed by atoms with Gasteiger partial charge in [-0.25, -0.2) is 12.4 Å². The summed E-state index contributed by atoms with van der Waals surface area (Å²) in [4.78, 5) is 2.70. The molecule has 1 saturated heterocycles.